The van der Waals surface area contributed by atoms with E-state index in [2.05, 4.69) is 5.16 Å². The fourth-order valence-electron chi connectivity index (χ4n) is 3.67. The van der Waals surface area contributed by atoms with Gasteiger partial charge in [0.05, 0.1) is 36.3 Å². The van der Waals surface area contributed by atoms with Gasteiger partial charge in [-0.3, -0.25) is 4.79 Å². The molecule has 0 unspecified atom stereocenters. The summed E-state index contributed by atoms with van der Waals surface area (Å²) in [6, 6.07) is 0.875. The van der Waals surface area contributed by atoms with Crippen LogP contribution in [0.5, 0.6) is 0 Å². The molecule has 0 aliphatic carbocycles. The van der Waals surface area contributed by atoms with Crippen molar-refractivity contribution in [1.29, 1.82) is 0 Å². The number of piperidine rings is 1. The Balaban J connectivity index is 1.67. The van der Waals surface area contributed by atoms with Crippen LogP contribution in [0.1, 0.15) is 44.6 Å². The number of carbonyl (C=O) groups excluding carboxylic acids is 2. The van der Waals surface area contributed by atoms with Crippen molar-refractivity contribution in [3.63, 3.8) is 0 Å². The van der Waals surface area contributed by atoms with Crippen LogP contribution >= 0.6 is 0 Å². The van der Waals surface area contributed by atoms with Gasteiger partial charge in [0.2, 0.25) is 0 Å². The van der Waals surface area contributed by atoms with E-state index >= 15 is 0 Å². The topological polar surface area (TPSA) is 121 Å². The number of hydrogen-bond acceptors (Lipinski definition) is 7. The summed E-state index contributed by atoms with van der Waals surface area (Å²) in [4.78, 5) is 29.0. The van der Waals surface area contributed by atoms with Crippen molar-refractivity contribution in [3.8, 4) is 0 Å². The zero-order chi connectivity index (χ0) is 21.2. The zero-order valence-electron chi connectivity index (χ0n) is 17.0. The molecule has 9 nitrogen and oxygen atoms in total. The number of amides is 2. The monoisotopic (exact) mass is 427 g/mol. The molecule has 10 heteroatoms. The summed E-state index contributed by atoms with van der Waals surface area (Å²) in [6.07, 6.45) is 2.31. The number of rotatable bonds is 5. The smallest absolute Gasteiger partial charge is 0.320 e. The van der Waals surface area contributed by atoms with E-state index in [1.807, 2.05) is 13.8 Å². The maximum absolute atomic E-state index is 13.0. The summed E-state index contributed by atoms with van der Waals surface area (Å²) in [5.74, 6) is 0.333. The number of aromatic nitrogens is 1. The molecule has 0 bridgehead atoms. The molecule has 1 N–H and O–H groups in total. The van der Waals surface area contributed by atoms with Crippen LogP contribution in [0.25, 0.3) is 0 Å². The molecule has 3 heterocycles. The third kappa shape index (κ3) is 4.98. The van der Waals surface area contributed by atoms with Crippen LogP contribution in [0.3, 0.4) is 0 Å². The van der Waals surface area contributed by atoms with Gasteiger partial charge in [-0.15, -0.1) is 0 Å². The Morgan fingerprint density at radius 3 is 2.59 bits per heavy atom. The first-order chi connectivity index (χ1) is 13.6. The van der Waals surface area contributed by atoms with E-state index in [9.17, 15) is 23.1 Å². The lowest BCUT2D eigenvalue weighted by Crippen LogP contribution is -2.56. The number of carbonyl (C=O) groups is 2. The fourth-order valence-corrected chi connectivity index (χ4v) is 4.87. The lowest BCUT2D eigenvalue weighted by Gasteiger charge is -2.39. The van der Waals surface area contributed by atoms with E-state index < -0.39 is 21.3 Å². The zero-order valence-corrected chi connectivity index (χ0v) is 17.8. The van der Waals surface area contributed by atoms with Crippen LogP contribution in [0.15, 0.2) is 10.6 Å². The van der Waals surface area contributed by atoms with Crippen molar-refractivity contribution >= 4 is 21.7 Å². The van der Waals surface area contributed by atoms with Crippen LogP contribution in [0.4, 0.5) is 4.79 Å². The van der Waals surface area contributed by atoms with E-state index in [0.717, 1.165) is 12.8 Å². The number of sulfone groups is 1. The number of aliphatic hydroxyl groups is 1. The van der Waals surface area contributed by atoms with Gasteiger partial charge in [0.25, 0.3) is 0 Å². The molecule has 162 valence electrons. The van der Waals surface area contributed by atoms with E-state index in [-0.39, 0.29) is 49.4 Å². The summed E-state index contributed by atoms with van der Waals surface area (Å²) in [5.41, 5.74) is -0.107. The van der Waals surface area contributed by atoms with Gasteiger partial charge < -0.3 is 19.4 Å². The molecule has 1 aromatic rings. The highest BCUT2D eigenvalue weighted by Crippen LogP contribution is 2.25. The maximum atomic E-state index is 13.0. The third-order valence-electron chi connectivity index (χ3n) is 5.71. The van der Waals surface area contributed by atoms with E-state index in [1.165, 1.54) is 4.90 Å². The van der Waals surface area contributed by atoms with E-state index in [0.29, 0.717) is 24.4 Å². The summed E-state index contributed by atoms with van der Waals surface area (Å²) in [6.45, 7) is 4.36. The minimum atomic E-state index is -3.08. The Kier molecular flexibility index (Phi) is 6.33. The Morgan fingerprint density at radius 2 is 1.93 bits per heavy atom. The third-order valence-corrected chi connectivity index (χ3v) is 7.32. The van der Waals surface area contributed by atoms with Crippen molar-refractivity contribution in [2.75, 3.05) is 37.7 Å². The van der Waals surface area contributed by atoms with Gasteiger partial charge in [-0.25, -0.2) is 13.2 Å². The number of urea groups is 1. The second kappa shape index (κ2) is 8.43. The minimum absolute atomic E-state index is 0.0342. The number of ketones is 1. The van der Waals surface area contributed by atoms with E-state index in [4.69, 9.17) is 4.52 Å². The van der Waals surface area contributed by atoms with Gasteiger partial charge in [-0.1, -0.05) is 19.0 Å². The first kappa shape index (κ1) is 21.8. The Labute approximate surface area is 170 Å². The van der Waals surface area contributed by atoms with Crippen LogP contribution in [-0.2, 0) is 26.5 Å². The molecular weight excluding hydrogens is 398 g/mol. The van der Waals surface area contributed by atoms with Crippen molar-refractivity contribution < 1.29 is 27.6 Å². The second-order valence-corrected chi connectivity index (χ2v) is 10.8. The average Bonchev–Trinajstić information content (AvgIpc) is 3.17. The molecule has 2 saturated heterocycles. The normalized spacial score (nSPS) is 22.5. The molecule has 0 spiro atoms. The van der Waals surface area contributed by atoms with Crippen LogP contribution in [0.2, 0.25) is 0 Å². The number of Topliss-reactive ketones (excluding diaryl/α,β-unsaturated/α-hetero) is 1. The molecule has 2 fully saturated rings. The molecule has 1 aromatic heterocycles. The highest BCUT2D eigenvalue weighted by molar-refractivity contribution is 7.91. The van der Waals surface area contributed by atoms with Crippen molar-refractivity contribution in [2.45, 2.75) is 51.0 Å². The SMILES string of the molecule is CC(C)(CO)c1cc(CC(=O)[C@@H]2CCCCN2C(=O)N2CCS(=O)(=O)CC2)no1. The summed E-state index contributed by atoms with van der Waals surface area (Å²) >= 11 is 0. The Hall–Kier alpha value is -1.94. The molecule has 1 atom stereocenters. The first-order valence-electron chi connectivity index (χ1n) is 9.98. The quantitative estimate of drug-likeness (QED) is 0.736. The second-order valence-electron chi connectivity index (χ2n) is 8.49. The molecule has 0 saturated carbocycles. The van der Waals surface area contributed by atoms with Crippen molar-refractivity contribution in [2.24, 2.45) is 0 Å². The molecule has 2 amide bonds. The van der Waals surface area contributed by atoms with Gasteiger partial charge in [-0.2, -0.15) is 0 Å². The Bertz CT molecular complexity index is 849. The van der Waals surface area contributed by atoms with Gasteiger partial charge in [-0.05, 0) is 19.3 Å². The summed E-state index contributed by atoms with van der Waals surface area (Å²) in [7, 11) is -3.08. The molecule has 0 aromatic carbocycles. The molecule has 0 radical (unpaired) electrons. The van der Waals surface area contributed by atoms with Gasteiger partial charge in [0.1, 0.15) is 5.76 Å². The number of likely N-dealkylation sites (tertiary alicyclic amines) is 1. The lowest BCUT2D eigenvalue weighted by atomic mass is 9.91. The minimum Gasteiger partial charge on any atom is -0.395 e. The predicted octanol–water partition coefficient (Wildman–Crippen LogP) is 0.761. The highest BCUT2D eigenvalue weighted by Gasteiger charge is 2.36. The maximum Gasteiger partial charge on any atom is 0.320 e. The largest absolute Gasteiger partial charge is 0.395 e. The summed E-state index contributed by atoms with van der Waals surface area (Å²) < 4.78 is 28.5. The molecular formula is C19H29N3O6S. The molecule has 2 aliphatic heterocycles. The van der Waals surface area contributed by atoms with Gasteiger partial charge in [0, 0.05) is 31.1 Å². The lowest BCUT2D eigenvalue weighted by molar-refractivity contribution is -0.124. The standard InChI is InChI=1S/C19H29N3O6S/c1-19(2,13-23)17-12-14(20-28-17)11-16(24)15-5-3-4-6-22(15)18(25)21-7-9-29(26,27)10-8-21/h12,15,23H,3-11,13H2,1-2H3/t15-/m0/s1. The predicted molar refractivity (Wildman–Crippen MR) is 105 cm³/mol. The number of nitrogens with zero attached hydrogens (tertiary/aromatic N) is 3. The molecule has 2 aliphatic rings. The van der Waals surface area contributed by atoms with Gasteiger partial charge in [0.15, 0.2) is 15.6 Å². The number of hydrogen-bond donors (Lipinski definition) is 1. The highest BCUT2D eigenvalue weighted by atomic mass is 32.2. The van der Waals surface area contributed by atoms with Crippen molar-refractivity contribution in [1.82, 2.24) is 15.0 Å². The number of aliphatic hydroxyl groups excluding tert-OH is 1. The average molecular weight is 428 g/mol. The van der Waals surface area contributed by atoms with Crippen molar-refractivity contribution in [3.05, 3.63) is 17.5 Å². The molecule has 29 heavy (non-hydrogen) atoms. The van der Waals surface area contributed by atoms with Gasteiger partial charge >= 0.3 is 6.03 Å². The summed E-state index contributed by atoms with van der Waals surface area (Å²) in [5, 5.41) is 13.4. The first-order valence-corrected chi connectivity index (χ1v) is 11.8. The van der Waals surface area contributed by atoms with E-state index in [1.54, 1.807) is 11.0 Å². The Morgan fingerprint density at radius 1 is 1.24 bits per heavy atom. The van der Waals surface area contributed by atoms with Crippen LogP contribution in [0, 0.1) is 0 Å². The fraction of sp³-hybridized carbons (Fsp3) is 0.737. The van der Waals surface area contributed by atoms with Crippen LogP contribution < -0.4 is 0 Å². The van der Waals surface area contributed by atoms with Crippen LogP contribution in [-0.4, -0.2) is 84.1 Å². The molecule has 3 rings (SSSR count).